The lowest BCUT2D eigenvalue weighted by Crippen LogP contribution is -2.39. The zero-order chi connectivity index (χ0) is 22.6. The van der Waals surface area contributed by atoms with E-state index >= 15 is 0 Å². The number of carboxylic acids is 1. The SMILES string of the molecule is CN(C)C(On1nnc2ccccc21)=[N+](C)C.O=C([O-])c1cc(F)c(F)c(F)c1F. The number of amidine groups is 1. The molecule has 0 aliphatic heterocycles. The smallest absolute Gasteiger partial charge is 0.471 e. The number of fused-ring (bicyclic) bond motifs is 1. The molecule has 2 aromatic carbocycles. The number of carbonyl (C=O) groups is 1. The van der Waals surface area contributed by atoms with Crippen LogP contribution in [0.15, 0.2) is 30.3 Å². The van der Waals surface area contributed by atoms with Crippen LogP contribution in [0.5, 0.6) is 0 Å². The number of halogens is 4. The first-order chi connectivity index (χ1) is 14.0. The molecule has 8 nitrogen and oxygen atoms in total. The molecule has 3 rings (SSSR count). The molecule has 30 heavy (non-hydrogen) atoms. The number of carboxylic acid groups (broad SMARTS) is 1. The average Bonchev–Trinajstić information content (AvgIpc) is 3.10. The Morgan fingerprint density at radius 1 is 1.10 bits per heavy atom. The van der Waals surface area contributed by atoms with Crippen LogP contribution in [0.1, 0.15) is 10.4 Å². The first-order valence-corrected chi connectivity index (χ1v) is 8.29. The minimum atomic E-state index is -2.17. The van der Waals surface area contributed by atoms with Crippen molar-refractivity contribution in [3.63, 3.8) is 0 Å². The van der Waals surface area contributed by atoms with E-state index in [2.05, 4.69) is 10.3 Å². The summed E-state index contributed by atoms with van der Waals surface area (Å²) in [5, 5.41) is 18.0. The van der Waals surface area contributed by atoms with Crippen molar-refractivity contribution in [2.24, 2.45) is 0 Å². The molecule has 160 valence electrons. The van der Waals surface area contributed by atoms with Gasteiger partial charge >= 0.3 is 6.02 Å². The largest absolute Gasteiger partial charge is 0.545 e. The fourth-order valence-corrected chi connectivity index (χ4v) is 2.28. The molecule has 1 heterocycles. The standard InChI is InChI=1S/C11H16N5O.C7H2F4O2/c1-14(2)11(15(3)4)17-16-10-8-6-5-7-9(10)12-13-16;8-3-1-2(7(12)13)4(9)6(11)5(3)10/h5-8H,1-4H3;1H,(H,12,13)/q+1;/p-1. The van der Waals surface area contributed by atoms with Gasteiger partial charge in [0.1, 0.15) is 11.0 Å². The van der Waals surface area contributed by atoms with E-state index in [1.165, 1.54) is 4.85 Å². The third-order valence-corrected chi connectivity index (χ3v) is 3.58. The topological polar surface area (TPSA) is 86.3 Å². The van der Waals surface area contributed by atoms with E-state index in [4.69, 9.17) is 4.84 Å². The highest BCUT2D eigenvalue weighted by atomic mass is 19.2. The van der Waals surface area contributed by atoms with E-state index in [9.17, 15) is 27.5 Å². The number of carbonyl (C=O) groups excluding carboxylic acids is 1. The Hall–Kier alpha value is -3.70. The molecular formula is C18H17F4N5O3. The molecule has 0 N–H and O–H groups in total. The normalized spacial score (nSPS) is 10.3. The van der Waals surface area contributed by atoms with E-state index in [1.54, 1.807) is 0 Å². The minimum absolute atomic E-state index is 0.0169. The van der Waals surface area contributed by atoms with Gasteiger partial charge in [0.2, 0.25) is 0 Å². The van der Waals surface area contributed by atoms with Crippen LogP contribution >= 0.6 is 0 Å². The van der Waals surface area contributed by atoms with Crippen molar-refractivity contribution < 1.29 is 36.9 Å². The van der Waals surface area contributed by atoms with Gasteiger partial charge in [-0.3, -0.25) is 4.84 Å². The van der Waals surface area contributed by atoms with E-state index < -0.39 is 34.8 Å². The summed E-state index contributed by atoms with van der Waals surface area (Å²) in [6, 6.07) is 8.36. The van der Waals surface area contributed by atoms with Gasteiger partial charge in [-0.25, -0.2) is 27.0 Å². The highest BCUT2D eigenvalue weighted by molar-refractivity contribution is 5.86. The molecule has 0 aliphatic rings. The third kappa shape index (κ3) is 4.82. The van der Waals surface area contributed by atoms with E-state index in [-0.39, 0.29) is 6.07 Å². The highest BCUT2D eigenvalue weighted by Crippen LogP contribution is 2.17. The molecule has 0 radical (unpaired) electrons. The second-order valence-corrected chi connectivity index (χ2v) is 6.25. The minimum Gasteiger partial charge on any atom is -0.545 e. The molecule has 0 bridgehead atoms. The van der Waals surface area contributed by atoms with Gasteiger partial charge in [0, 0.05) is 5.56 Å². The van der Waals surface area contributed by atoms with Crippen molar-refractivity contribution in [1.29, 1.82) is 0 Å². The van der Waals surface area contributed by atoms with Gasteiger partial charge < -0.3 is 9.90 Å². The fourth-order valence-electron chi connectivity index (χ4n) is 2.28. The number of hydrogen-bond acceptors (Lipinski definition) is 5. The predicted octanol–water partition coefficient (Wildman–Crippen LogP) is 0.656. The molecule has 0 saturated carbocycles. The summed E-state index contributed by atoms with van der Waals surface area (Å²) in [7, 11) is 7.64. The number of aromatic nitrogens is 3. The Kier molecular flexibility index (Phi) is 6.93. The lowest BCUT2D eigenvalue weighted by molar-refractivity contribution is -0.480. The molecule has 0 aliphatic carbocycles. The van der Waals surface area contributed by atoms with Crippen LogP contribution < -0.4 is 9.94 Å². The van der Waals surface area contributed by atoms with E-state index in [1.807, 2.05) is 61.9 Å². The zero-order valence-corrected chi connectivity index (χ0v) is 16.4. The summed E-state index contributed by atoms with van der Waals surface area (Å²) in [5.74, 6) is -10.1. The highest BCUT2D eigenvalue weighted by Gasteiger charge is 2.19. The average molecular weight is 427 g/mol. The lowest BCUT2D eigenvalue weighted by atomic mass is 10.2. The van der Waals surface area contributed by atoms with Crippen LogP contribution in [0.2, 0.25) is 0 Å². The van der Waals surface area contributed by atoms with Crippen molar-refractivity contribution in [2.75, 3.05) is 28.2 Å². The van der Waals surface area contributed by atoms with Crippen LogP contribution in [0.3, 0.4) is 0 Å². The maximum atomic E-state index is 12.5. The molecule has 0 amide bonds. The molecule has 1 aromatic heterocycles. The monoisotopic (exact) mass is 427 g/mol. The maximum Gasteiger partial charge on any atom is 0.471 e. The van der Waals surface area contributed by atoms with Gasteiger partial charge in [-0.2, -0.15) is 0 Å². The van der Waals surface area contributed by atoms with Crippen molar-refractivity contribution in [2.45, 2.75) is 0 Å². The zero-order valence-electron chi connectivity index (χ0n) is 16.4. The quantitative estimate of drug-likeness (QED) is 0.149. The molecular weight excluding hydrogens is 410 g/mol. The summed E-state index contributed by atoms with van der Waals surface area (Å²) in [4.78, 5) is 19.0. The Balaban J connectivity index is 0.000000222. The van der Waals surface area contributed by atoms with Gasteiger partial charge in [0.15, 0.2) is 23.3 Å². The summed E-state index contributed by atoms with van der Waals surface area (Å²) in [5.41, 5.74) is 0.300. The third-order valence-electron chi connectivity index (χ3n) is 3.58. The van der Waals surface area contributed by atoms with Crippen molar-refractivity contribution >= 4 is 23.0 Å². The van der Waals surface area contributed by atoms with Crippen LogP contribution in [0.4, 0.5) is 17.6 Å². The number of benzene rings is 2. The summed E-state index contributed by atoms with van der Waals surface area (Å²) >= 11 is 0. The van der Waals surface area contributed by atoms with Crippen LogP contribution in [-0.4, -0.2) is 64.8 Å². The molecule has 3 aromatic rings. The second-order valence-electron chi connectivity index (χ2n) is 6.25. The Morgan fingerprint density at radius 3 is 2.30 bits per heavy atom. The van der Waals surface area contributed by atoms with Gasteiger partial charge in [-0.15, -0.1) is 5.10 Å². The van der Waals surface area contributed by atoms with Crippen LogP contribution in [-0.2, 0) is 0 Å². The molecule has 0 spiro atoms. The number of rotatable bonds is 2. The maximum absolute atomic E-state index is 12.5. The summed E-state index contributed by atoms with van der Waals surface area (Å²) < 4.78 is 51.2. The molecule has 0 fully saturated rings. The molecule has 0 atom stereocenters. The Bertz CT molecular complexity index is 1110. The lowest BCUT2D eigenvalue weighted by Gasteiger charge is -2.10. The summed E-state index contributed by atoms with van der Waals surface area (Å²) in [6.07, 6.45) is 0. The summed E-state index contributed by atoms with van der Waals surface area (Å²) in [6.45, 7) is 0. The number of nitrogens with zero attached hydrogens (tertiary/aromatic N) is 5. The molecule has 0 unspecified atom stereocenters. The molecule has 0 saturated heterocycles. The van der Waals surface area contributed by atoms with Crippen LogP contribution in [0, 0.1) is 23.3 Å². The van der Waals surface area contributed by atoms with Crippen molar-refractivity contribution in [3.8, 4) is 0 Å². The first kappa shape index (κ1) is 22.6. The Labute approximate surface area is 168 Å². The van der Waals surface area contributed by atoms with E-state index in [0.717, 1.165) is 11.0 Å². The van der Waals surface area contributed by atoms with Crippen LogP contribution in [0.25, 0.3) is 11.0 Å². The Morgan fingerprint density at radius 2 is 1.73 bits per heavy atom. The van der Waals surface area contributed by atoms with Gasteiger partial charge in [-0.1, -0.05) is 17.0 Å². The fraction of sp³-hybridized carbons (Fsp3) is 0.222. The predicted molar refractivity (Wildman–Crippen MR) is 95.5 cm³/mol. The molecule has 12 heteroatoms. The number of hydrogen-bond donors (Lipinski definition) is 0. The number of aromatic carboxylic acids is 1. The van der Waals surface area contributed by atoms with Gasteiger partial charge in [-0.05, 0) is 23.4 Å². The van der Waals surface area contributed by atoms with Gasteiger partial charge in [0.25, 0.3) is 0 Å². The van der Waals surface area contributed by atoms with Crippen molar-refractivity contribution in [3.05, 3.63) is 59.2 Å². The van der Waals surface area contributed by atoms with Crippen molar-refractivity contribution in [1.82, 2.24) is 20.1 Å². The number of para-hydroxylation sites is 1. The van der Waals surface area contributed by atoms with E-state index in [0.29, 0.717) is 6.02 Å². The second kappa shape index (κ2) is 9.20. The first-order valence-electron chi connectivity index (χ1n) is 8.29. The van der Waals surface area contributed by atoms with Gasteiger partial charge in [0.05, 0.1) is 34.2 Å².